The number of rotatable bonds is 6. The van der Waals surface area contributed by atoms with Gasteiger partial charge in [0.15, 0.2) is 5.82 Å². The Balaban J connectivity index is 1.88. The van der Waals surface area contributed by atoms with Crippen molar-refractivity contribution in [1.82, 2.24) is 9.55 Å². The first-order chi connectivity index (χ1) is 14.3. The molecule has 0 aromatic heterocycles. The van der Waals surface area contributed by atoms with Crippen molar-refractivity contribution in [2.75, 3.05) is 10.5 Å². The van der Waals surface area contributed by atoms with Crippen molar-refractivity contribution in [2.24, 2.45) is 5.92 Å². The zero-order chi connectivity index (χ0) is 21.5. The van der Waals surface area contributed by atoms with E-state index in [1.165, 1.54) is 15.9 Å². The molecule has 0 aliphatic carbocycles. The van der Waals surface area contributed by atoms with Crippen molar-refractivity contribution >= 4 is 49.2 Å². The first-order valence-electron chi connectivity index (χ1n) is 9.43. The highest BCUT2D eigenvalue weighted by Crippen LogP contribution is 2.40. The lowest BCUT2D eigenvalue weighted by Crippen LogP contribution is -2.14. The molecule has 0 bridgehead atoms. The van der Waals surface area contributed by atoms with Gasteiger partial charge in [0.2, 0.25) is 0 Å². The average Bonchev–Trinajstić information content (AvgIpc) is 3.02. The second-order valence-corrected chi connectivity index (χ2v) is 11.4. The molecule has 0 radical (unpaired) electrons. The molecule has 9 heteroatoms. The summed E-state index contributed by atoms with van der Waals surface area (Å²) in [6.07, 6.45) is 0. The molecular formula is C21H21N3O3S3. The summed E-state index contributed by atoms with van der Waals surface area (Å²) in [7, 11) is -3.88. The van der Waals surface area contributed by atoms with E-state index in [0.717, 1.165) is 20.2 Å². The Morgan fingerprint density at radius 1 is 1.13 bits per heavy atom. The molecule has 30 heavy (non-hydrogen) atoms. The Morgan fingerprint density at radius 3 is 2.53 bits per heavy atom. The number of hydrogen-bond donors (Lipinski definition) is 1. The van der Waals surface area contributed by atoms with Gasteiger partial charge >= 0.3 is 5.69 Å². The molecule has 1 N–H and O–H groups in total. The van der Waals surface area contributed by atoms with Gasteiger partial charge in [0.05, 0.1) is 19.3 Å². The van der Waals surface area contributed by atoms with Crippen molar-refractivity contribution in [3.8, 4) is 5.69 Å². The highest BCUT2D eigenvalue weighted by Gasteiger charge is 2.26. The van der Waals surface area contributed by atoms with Gasteiger partial charge in [0, 0.05) is 5.75 Å². The lowest BCUT2D eigenvalue weighted by Gasteiger charge is -2.15. The number of nitrogens with one attached hydrogen (secondary N) is 1. The number of benzene rings is 2. The van der Waals surface area contributed by atoms with Crippen molar-refractivity contribution in [3.63, 3.8) is 0 Å². The number of aromatic nitrogens is 2. The molecule has 6 nitrogen and oxygen atoms in total. The zero-order valence-electron chi connectivity index (χ0n) is 16.7. The summed E-state index contributed by atoms with van der Waals surface area (Å²) in [5.41, 5.74) is 1.68. The molecule has 0 amide bonds. The van der Waals surface area contributed by atoms with Gasteiger partial charge in [-0.1, -0.05) is 43.7 Å². The van der Waals surface area contributed by atoms with E-state index in [2.05, 4.69) is 23.6 Å². The summed E-state index contributed by atoms with van der Waals surface area (Å²) in [5, 5.41) is 0. The summed E-state index contributed by atoms with van der Waals surface area (Å²) in [6.45, 7) is 6.12. The van der Waals surface area contributed by atoms with Crippen molar-refractivity contribution < 1.29 is 8.42 Å². The minimum absolute atomic E-state index is 0.0637. The van der Waals surface area contributed by atoms with Crippen LogP contribution in [0, 0.1) is 12.8 Å². The summed E-state index contributed by atoms with van der Waals surface area (Å²) < 4.78 is 31.7. The Kier molecular flexibility index (Phi) is 5.61. The lowest BCUT2D eigenvalue weighted by molar-refractivity contribution is 0.601. The van der Waals surface area contributed by atoms with E-state index < -0.39 is 15.7 Å². The van der Waals surface area contributed by atoms with Gasteiger partial charge < -0.3 is 0 Å². The Labute approximate surface area is 183 Å². The van der Waals surface area contributed by atoms with E-state index in [1.54, 1.807) is 36.0 Å². The smallest absolute Gasteiger partial charge is 0.261 e. The van der Waals surface area contributed by atoms with Crippen LogP contribution in [0.2, 0.25) is 0 Å². The van der Waals surface area contributed by atoms with E-state index >= 15 is 0 Å². The van der Waals surface area contributed by atoms with Crippen LogP contribution in [0.3, 0.4) is 0 Å². The van der Waals surface area contributed by atoms with Gasteiger partial charge in [0.25, 0.3) is 10.0 Å². The number of thioether (sulfide) groups is 1. The lowest BCUT2D eigenvalue weighted by atomic mass is 10.2. The van der Waals surface area contributed by atoms with Gasteiger partial charge in [-0.25, -0.2) is 13.2 Å². The van der Waals surface area contributed by atoms with Gasteiger partial charge in [-0.15, -0.1) is 23.1 Å². The van der Waals surface area contributed by atoms with E-state index in [-0.39, 0.29) is 10.7 Å². The van der Waals surface area contributed by atoms with E-state index in [0.29, 0.717) is 17.1 Å². The molecule has 4 rings (SSSR count). The number of aryl methyl sites for hydroxylation is 1. The van der Waals surface area contributed by atoms with E-state index in [1.807, 2.05) is 31.2 Å². The minimum Gasteiger partial charge on any atom is -0.261 e. The van der Waals surface area contributed by atoms with Crippen LogP contribution in [0.15, 0.2) is 62.4 Å². The predicted molar refractivity (Wildman–Crippen MR) is 124 cm³/mol. The summed E-state index contributed by atoms with van der Waals surface area (Å²) in [6, 6.07) is 14.1. The number of anilines is 1. The van der Waals surface area contributed by atoms with Crippen molar-refractivity contribution in [3.05, 3.63) is 64.6 Å². The SMILES string of the molecule is Cc1ccc(S(=O)(=O)Nc2nc(=O)n3c4ccccc4sc(SCC(C)C)c2-3)cc1. The van der Waals surface area contributed by atoms with Crippen LogP contribution in [0.4, 0.5) is 5.82 Å². The number of imidazole rings is 1. The quantitative estimate of drug-likeness (QED) is 0.421. The summed E-state index contributed by atoms with van der Waals surface area (Å²) >= 11 is 3.15. The highest BCUT2D eigenvalue weighted by atomic mass is 32.2. The summed E-state index contributed by atoms with van der Waals surface area (Å²) in [4.78, 5) is 17.0. The molecule has 2 aromatic carbocycles. The monoisotopic (exact) mass is 459 g/mol. The maximum atomic E-state index is 12.9. The van der Waals surface area contributed by atoms with Crippen LogP contribution >= 0.6 is 23.1 Å². The highest BCUT2D eigenvalue weighted by molar-refractivity contribution is 8.01. The number of para-hydroxylation sites is 1. The molecule has 0 saturated heterocycles. The Hall–Kier alpha value is -2.36. The standard InChI is InChI=1S/C21H21N3O3S3/c1-13(2)12-28-20-18-19(23-30(26,27)15-10-8-14(3)9-11-15)22-21(25)24(18)16-6-4-5-7-17(16)29-20/h4-11,13H,12H2,1-3H3,(H,22,23,25). The fourth-order valence-corrected chi connectivity index (χ4v) is 6.43. The minimum atomic E-state index is -3.88. The van der Waals surface area contributed by atoms with Gasteiger partial charge in [-0.3, -0.25) is 9.29 Å². The Morgan fingerprint density at radius 2 is 1.83 bits per heavy atom. The van der Waals surface area contributed by atoms with Crippen LogP contribution in [0.25, 0.3) is 15.9 Å². The second kappa shape index (κ2) is 8.05. The zero-order valence-corrected chi connectivity index (χ0v) is 19.2. The normalized spacial score (nSPS) is 12.1. The Bertz CT molecular complexity index is 1340. The number of nitrogens with zero attached hydrogens (tertiary/aromatic N) is 2. The summed E-state index contributed by atoms with van der Waals surface area (Å²) in [5.74, 6) is 1.35. The van der Waals surface area contributed by atoms with Crippen LogP contribution in [0.1, 0.15) is 19.4 Å². The van der Waals surface area contributed by atoms with Gasteiger partial charge in [-0.2, -0.15) is 4.98 Å². The third-order valence-corrected chi connectivity index (χ3v) is 8.65. The first-order valence-corrected chi connectivity index (χ1v) is 12.7. The number of hydrogen-bond acceptors (Lipinski definition) is 6. The number of sulfonamides is 1. The first kappa shape index (κ1) is 20.9. The molecule has 2 heterocycles. The second-order valence-electron chi connectivity index (χ2n) is 7.41. The third-order valence-electron chi connectivity index (χ3n) is 4.46. The maximum Gasteiger partial charge on any atom is 0.354 e. The molecule has 0 spiro atoms. The molecular weight excluding hydrogens is 438 g/mol. The van der Waals surface area contributed by atoms with Gasteiger partial charge in [-0.05, 0) is 37.1 Å². The number of fused-ring (bicyclic) bond motifs is 3. The van der Waals surface area contributed by atoms with Gasteiger partial charge in [0.1, 0.15) is 5.69 Å². The molecule has 0 saturated carbocycles. The molecule has 2 aromatic rings. The fraction of sp³-hybridized carbons (Fsp3) is 0.238. The molecule has 0 atom stereocenters. The van der Waals surface area contributed by atoms with Crippen molar-refractivity contribution in [2.45, 2.75) is 29.9 Å². The van der Waals surface area contributed by atoms with Crippen LogP contribution in [-0.2, 0) is 10.0 Å². The van der Waals surface area contributed by atoms with E-state index in [9.17, 15) is 13.2 Å². The fourth-order valence-electron chi connectivity index (χ4n) is 3.00. The van der Waals surface area contributed by atoms with Crippen LogP contribution < -0.4 is 10.4 Å². The molecule has 0 fully saturated rings. The third kappa shape index (κ3) is 3.97. The van der Waals surface area contributed by atoms with Crippen LogP contribution in [-0.4, -0.2) is 23.7 Å². The van der Waals surface area contributed by atoms with Crippen LogP contribution in [0.5, 0.6) is 0 Å². The topological polar surface area (TPSA) is 81.1 Å². The average molecular weight is 460 g/mol. The van der Waals surface area contributed by atoms with Crippen molar-refractivity contribution in [1.29, 1.82) is 0 Å². The predicted octanol–water partition coefficient (Wildman–Crippen LogP) is 4.74. The largest absolute Gasteiger partial charge is 0.354 e. The molecule has 2 aliphatic rings. The molecule has 156 valence electrons. The molecule has 2 aliphatic heterocycles. The molecule has 0 unspecified atom stereocenters. The maximum absolute atomic E-state index is 12.9. The van der Waals surface area contributed by atoms with E-state index in [4.69, 9.17) is 0 Å².